The van der Waals surface area contributed by atoms with E-state index in [-0.39, 0.29) is 12.5 Å². The summed E-state index contributed by atoms with van der Waals surface area (Å²) in [5, 5.41) is 0. The molecule has 6 nitrogen and oxygen atoms in total. The molecule has 2 heterocycles. The number of imidazole rings is 1. The van der Waals surface area contributed by atoms with E-state index < -0.39 is 0 Å². The van der Waals surface area contributed by atoms with E-state index in [0.29, 0.717) is 38.3 Å². The molecule has 1 saturated heterocycles. The van der Waals surface area contributed by atoms with E-state index in [1.165, 1.54) is 6.33 Å². The number of carbonyl (C=O) groups excluding carboxylic acids is 2. The molecule has 1 aromatic heterocycles. The summed E-state index contributed by atoms with van der Waals surface area (Å²) < 4.78 is 6.77. The Morgan fingerprint density at radius 1 is 1.50 bits per heavy atom. The lowest BCUT2D eigenvalue weighted by atomic mass is 10.4. The molecule has 0 aromatic carbocycles. The first-order valence-electron chi connectivity index (χ1n) is 5.12. The maximum Gasteiger partial charge on any atom is 0.242 e. The molecule has 0 radical (unpaired) electrons. The van der Waals surface area contributed by atoms with Crippen LogP contribution in [0.15, 0.2) is 12.5 Å². The second-order valence-corrected chi connectivity index (χ2v) is 3.58. The topological polar surface area (TPSA) is 64.4 Å². The normalized spacial score (nSPS) is 16.1. The number of hydrogen-bond acceptors (Lipinski definition) is 4. The van der Waals surface area contributed by atoms with Crippen molar-refractivity contribution in [2.75, 3.05) is 26.3 Å². The van der Waals surface area contributed by atoms with Gasteiger partial charge in [-0.2, -0.15) is 0 Å². The molecule has 0 atom stereocenters. The highest BCUT2D eigenvalue weighted by atomic mass is 16.5. The standard InChI is InChI=1S/C10H13N3O3/c14-7-9-5-12(8-11-9)6-10(15)13-1-3-16-4-2-13/h5,7-8H,1-4,6H2. The summed E-state index contributed by atoms with van der Waals surface area (Å²) in [4.78, 5) is 27.8. The van der Waals surface area contributed by atoms with E-state index in [4.69, 9.17) is 4.74 Å². The highest BCUT2D eigenvalue weighted by Crippen LogP contribution is 2.00. The van der Waals surface area contributed by atoms with E-state index in [1.807, 2.05) is 0 Å². The van der Waals surface area contributed by atoms with Crippen LogP contribution in [-0.2, 0) is 16.1 Å². The number of aldehydes is 1. The molecule has 0 saturated carbocycles. The second-order valence-electron chi connectivity index (χ2n) is 3.58. The van der Waals surface area contributed by atoms with Crippen LogP contribution >= 0.6 is 0 Å². The van der Waals surface area contributed by atoms with Crippen molar-refractivity contribution in [3.05, 3.63) is 18.2 Å². The highest BCUT2D eigenvalue weighted by Gasteiger charge is 2.16. The van der Waals surface area contributed by atoms with Crippen molar-refractivity contribution in [2.45, 2.75) is 6.54 Å². The van der Waals surface area contributed by atoms with Crippen LogP contribution in [0, 0.1) is 0 Å². The van der Waals surface area contributed by atoms with Crippen molar-refractivity contribution in [1.29, 1.82) is 0 Å². The Kier molecular flexibility index (Phi) is 3.31. The molecule has 0 bridgehead atoms. The van der Waals surface area contributed by atoms with E-state index in [0.717, 1.165) is 0 Å². The molecule has 0 unspecified atom stereocenters. The van der Waals surface area contributed by atoms with Gasteiger partial charge < -0.3 is 14.2 Å². The van der Waals surface area contributed by atoms with Crippen LogP contribution in [0.4, 0.5) is 0 Å². The number of hydrogen-bond donors (Lipinski definition) is 0. The fourth-order valence-corrected chi connectivity index (χ4v) is 1.59. The van der Waals surface area contributed by atoms with Crippen LogP contribution in [-0.4, -0.2) is 52.9 Å². The number of nitrogens with zero attached hydrogens (tertiary/aromatic N) is 3. The van der Waals surface area contributed by atoms with Gasteiger partial charge >= 0.3 is 0 Å². The first-order chi connectivity index (χ1) is 7.79. The molecule has 1 aliphatic heterocycles. The number of carbonyl (C=O) groups is 2. The minimum absolute atomic E-state index is 0.0261. The minimum atomic E-state index is 0.0261. The van der Waals surface area contributed by atoms with Gasteiger partial charge in [-0.05, 0) is 0 Å². The molecular formula is C10H13N3O3. The van der Waals surface area contributed by atoms with Crippen LogP contribution in [0.3, 0.4) is 0 Å². The quantitative estimate of drug-likeness (QED) is 0.651. The summed E-state index contributed by atoms with van der Waals surface area (Å²) in [5.41, 5.74) is 0.342. The maximum absolute atomic E-state index is 11.8. The molecule has 2 rings (SSSR count). The van der Waals surface area contributed by atoms with Gasteiger partial charge in [-0.1, -0.05) is 0 Å². The monoisotopic (exact) mass is 223 g/mol. The Morgan fingerprint density at radius 2 is 2.25 bits per heavy atom. The minimum Gasteiger partial charge on any atom is -0.378 e. The third-order valence-corrected chi connectivity index (χ3v) is 2.46. The van der Waals surface area contributed by atoms with E-state index >= 15 is 0 Å². The Labute approximate surface area is 92.8 Å². The van der Waals surface area contributed by atoms with Gasteiger partial charge in [-0.3, -0.25) is 9.59 Å². The van der Waals surface area contributed by atoms with Crippen molar-refractivity contribution in [2.24, 2.45) is 0 Å². The summed E-state index contributed by atoms with van der Waals surface area (Å²) in [6.45, 7) is 2.67. The largest absolute Gasteiger partial charge is 0.378 e. The summed E-state index contributed by atoms with van der Waals surface area (Å²) >= 11 is 0. The zero-order valence-electron chi connectivity index (χ0n) is 8.83. The van der Waals surface area contributed by atoms with Crippen LogP contribution in [0.5, 0.6) is 0 Å². The van der Waals surface area contributed by atoms with Crippen LogP contribution < -0.4 is 0 Å². The Bertz CT molecular complexity index is 382. The average molecular weight is 223 g/mol. The molecule has 0 aliphatic carbocycles. The van der Waals surface area contributed by atoms with Crippen LogP contribution in [0.1, 0.15) is 10.5 Å². The summed E-state index contributed by atoms with van der Waals surface area (Å²) in [6, 6.07) is 0. The fraction of sp³-hybridized carbons (Fsp3) is 0.500. The number of ether oxygens (including phenoxy) is 1. The SMILES string of the molecule is O=Cc1cn(CC(=O)N2CCOCC2)cn1. The summed E-state index contributed by atoms with van der Waals surface area (Å²) in [5.74, 6) is 0.0261. The molecule has 1 aromatic rings. The van der Waals surface area contributed by atoms with Gasteiger partial charge in [0.15, 0.2) is 6.29 Å². The van der Waals surface area contributed by atoms with Gasteiger partial charge in [-0.15, -0.1) is 0 Å². The average Bonchev–Trinajstić information content (AvgIpc) is 2.78. The van der Waals surface area contributed by atoms with Crippen LogP contribution in [0.2, 0.25) is 0 Å². The molecular weight excluding hydrogens is 210 g/mol. The van der Waals surface area contributed by atoms with Gasteiger partial charge in [0.2, 0.25) is 5.91 Å². The molecule has 6 heteroatoms. The Balaban J connectivity index is 1.92. The Morgan fingerprint density at radius 3 is 2.88 bits per heavy atom. The maximum atomic E-state index is 11.8. The van der Waals surface area contributed by atoms with Gasteiger partial charge in [0, 0.05) is 19.3 Å². The molecule has 1 aliphatic rings. The lowest BCUT2D eigenvalue weighted by Crippen LogP contribution is -2.42. The van der Waals surface area contributed by atoms with Crippen molar-refractivity contribution < 1.29 is 14.3 Å². The van der Waals surface area contributed by atoms with E-state index in [9.17, 15) is 9.59 Å². The zero-order valence-corrected chi connectivity index (χ0v) is 8.83. The van der Waals surface area contributed by atoms with Gasteiger partial charge in [-0.25, -0.2) is 4.98 Å². The zero-order chi connectivity index (χ0) is 11.4. The highest BCUT2D eigenvalue weighted by molar-refractivity contribution is 5.76. The first-order valence-corrected chi connectivity index (χ1v) is 5.12. The second kappa shape index (κ2) is 4.89. The van der Waals surface area contributed by atoms with Crippen molar-refractivity contribution in [3.63, 3.8) is 0 Å². The molecule has 1 amide bonds. The van der Waals surface area contributed by atoms with Crippen molar-refractivity contribution in [1.82, 2.24) is 14.5 Å². The smallest absolute Gasteiger partial charge is 0.242 e. The molecule has 86 valence electrons. The van der Waals surface area contributed by atoms with Gasteiger partial charge in [0.25, 0.3) is 0 Å². The van der Waals surface area contributed by atoms with Crippen molar-refractivity contribution in [3.8, 4) is 0 Å². The van der Waals surface area contributed by atoms with Crippen molar-refractivity contribution >= 4 is 12.2 Å². The molecule has 0 N–H and O–H groups in total. The lowest BCUT2D eigenvalue weighted by molar-refractivity contribution is -0.135. The number of aromatic nitrogens is 2. The summed E-state index contributed by atoms with van der Waals surface area (Å²) in [6.07, 6.45) is 3.71. The first kappa shape index (κ1) is 10.8. The predicted octanol–water partition coefficient (Wildman–Crippen LogP) is -0.446. The Hall–Kier alpha value is -1.69. The molecule has 0 spiro atoms. The predicted molar refractivity (Wildman–Crippen MR) is 55.0 cm³/mol. The van der Waals surface area contributed by atoms with E-state index in [2.05, 4.69) is 4.98 Å². The van der Waals surface area contributed by atoms with E-state index in [1.54, 1.807) is 15.7 Å². The molecule has 16 heavy (non-hydrogen) atoms. The molecule has 1 fully saturated rings. The van der Waals surface area contributed by atoms with Crippen LogP contribution in [0.25, 0.3) is 0 Å². The third kappa shape index (κ3) is 2.46. The van der Waals surface area contributed by atoms with Gasteiger partial charge in [0.05, 0.1) is 19.5 Å². The summed E-state index contributed by atoms with van der Waals surface area (Å²) in [7, 11) is 0. The lowest BCUT2D eigenvalue weighted by Gasteiger charge is -2.26. The number of morpholine rings is 1. The third-order valence-electron chi connectivity index (χ3n) is 2.46. The fourth-order valence-electron chi connectivity index (χ4n) is 1.59. The van der Waals surface area contributed by atoms with Gasteiger partial charge in [0.1, 0.15) is 12.2 Å². The number of amides is 1. The number of rotatable bonds is 3.